The fourth-order valence-corrected chi connectivity index (χ4v) is 2.14. The molecule has 0 saturated carbocycles. The van der Waals surface area contributed by atoms with Gasteiger partial charge >= 0.3 is 0 Å². The first-order valence-electron chi connectivity index (χ1n) is 5.38. The number of anilines is 1. The van der Waals surface area contributed by atoms with Gasteiger partial charge in [0.1, 0.15) is 0 Å². The summed E-state index contributed by atoms with van der Waals surface area (Å²) in [5.41, 5.74) is 7.73. The lowest BCUT2D eigenvalue weighted by Gasteiger charge is -2.08. The third-order valence-corrected chi connectivity index (χ3v) is 2.92. The van der Waals surface area contributed by atoms with Gasteiger partial charge in [-0.1, -0.05) is 18.2 Å². The van der Waals surface area contributed by atoms with Crippen LogP contribution in [0, 0.1) is 0 Å². The first kappa shape index (κ1) is 10.0. The van der Waals surface area contributed by atoms with Gasteiger partial charge in [0.25, 0.3) is 0 Å². The maximum Gasteiger partial charge on any atom is 0.217 e. The molecule has 3 heteroatoms. The predicted octanol–water partition coefficient (Wildman–Crippen LogP) is 1.85. The van der Waals surface area contributed by atoms with Gasteiger partial charge in [-0.3, -0.25) is 4.79 Å². The Morgan fingerprint density at radius 1 is 1.47 bits per heavy atom. The Morgan fingerprint density at radius 2 is 2.27 bits per heavy atom. The number of hydrogen-bond donors (Lipinski definition) is 2. The van der Waals surface area contributed by atoms with Gasteiger partial charge in [0.2, 0.25) is 5.91 Å². The third-order valence-electron chi connectivity index (χ3n) is 2.92. The minimum atomic E-state index is -0.200. The maximum absolute atomic E-state index is 10.6. The zero-order chi connectivity index (χ0) is 10.7. The van der Waals surface area contributed by atoms with Crippen LogP contribution in [0.3, 0.4) is 0 Å². The Balaban J connectivity index is 1.93. The lowest BCUT2D eigenvalue weighted by atomic mass is 9.95. The second-order valence-corrected chi connectivity index (χ2v) is 4.02. The second kappa shape index (κ2) is 4.34. The van der Waals surface area contributed by atoms with Gasteiger partial charge in [0.15, 0.2) is 0 Å². The molecular weight excluding hydrogens is 188 g/mol. The number of hydrogen-bond acceptors (Lipinski definition) is 2. The number of benzene rings is 1. The van der Waals surface area contributed by atoms with E-state index in [0.717, 1.165) is 19.4 Å². The summed E-state index contributed by atoms with van der Waals surface area (Å²) in [7, 11) is 0. The summed E-state index contributed by atoms with van der Waals surface area (Å²) in [5.74, 6) is 0.342. The number of para-hydroxylation sites is 1. The van der Waals surface area contributed by atoms with E-state index >= 15 is 0 Å². The summed E-state index contributed by atoms with van der Waals surface area (Å²) in [6, 6.07) is 8.36. The Labute approximate surface area is 89.7 Å². The van der Waals surface area contributed by atoms with Crippen LogP contribution in [0.15, 0.2) is 24.3 Å². The van der Waals surface area contributed by atoms with Crippen LogP contribution in [0.4, 0.5) is 5.69 Å². The number of amides is 1. The van der Waals surface area contributed by atoms with Crippen molar-refractivity contribution < 1.29 is 4.79 Å². The first-order chi connectivity index (χ1) is 7.27. The maximum atomic E-state index is 10.6. The Bertz CT molecular complexity index is 362. The van der Waals surface area contributed by atoms with Crippen LogP contribution >= 0.6 is 0 Å². The summed E-state index contributed by atoms with van der Waals surface area (Å²) >= 11 is 0. The molecule has 0 radical (unpaired) electrons. The molecule has 0 spiro atoms. The molecule has 15 heavy (non-hydrogen) atoms. The van der Waals surface area contributed by atoms with E-state index in [1.807, 2.05) is 6.07 Å². The number of fused-ring (bicyclic) bond motifs is 1. The fraction of sp³-hybridized carbons (Fsp3) is 0.417. The molecular formula is C12H16N2O. The average Bonchev–Trinajstić information content (AvgIpc) is 2.62. The molecule has 1 aromatic rings. The van der Waals surface area contributed by atoms with Gasteiger partial charge < -0.3 is 11.1 Å². The first-order valence-corrected chi connectivity index (χ1v) is 5.38. The van der Waals surface area contributed by atoms with E-state index in [9.17, 15) is 4.79 Å². The molecule has 1 aliphatic rings. The van der Waals surface area contributed by atoms with Gasteiger partial charge in [-0.05, 0) is 24.5 Å². The van der Waals surface area contributed by atoms with Gasteiger partial charge in [0, 0.05) is 24.6 Å². The summed E-state index contributed by atoms with van der Waals surface area (Å²) in [6.45, 7) is 0.984. The lowest BCUT2D eigenvalue weighted by molar-refractivity contribution is -0.118. The molecule has 0 saturated heterocycles. The highest BCUT2D eigenvalue weighted by Crippen LogP contribution is 2.33. The number of carbonyl (C=O) groups is 1. The van der Waals surface area contributed by atoms with Crippen LogP contribution in [0.25, 0.3) is 0 Å². The van der Waals surface area contributed by atoms with Gasteiger partial charge in [-0.25, -0.2) is 0 Å². The van der Waals surface area contributed by atoms with E-state index in [0.29, 0.717) is 12.3 Å². The van der Waals surface area contributed by atoms with E-state index < -0.39 is 0 Å². The van der Waals surface area contributed by atoms with Crippen molar-refractivity contribution in [2.45, 2.75) is 25.2 Å². The minimum Gasteiger partial charge on any atom is -0.384 e. The second-order valence-electron chi connectivity index (χ2n) is 4.02. The normalized spacial score (nSPS) is 18.3. The van der Waals surface area contributed by atoms with Gasteiger partial charge in [-0.2, -0.15) is 0 Å². The number of rotatable bonds is 4. The van der Waals surface area contributed by atoms with E-state index in [2.05, 4.69) is 23.5 Å². The molecule has 3 nitrogen and oxygen atoms in total. The standard InChI is InChI=1S/C12H16N2O/c13-12(15)7-3-4-9-8-14-11-6-2-1-5-10(9)11/h1-2,5-6,9,14H,3-4,7-8H2,(H2,13,15). The molecule has 1 atom stereocenters. The van der Waals surface area contributed by atoms with Crippen molar-refractivity contribution in [3.05, 3.63) is 29.8 Å². The fourth-order valence-electron chi connectivity index (χ4n) is 2.14. The lowest BCUT2D eigenvalue weighted by Crippen LogP contribution is -2.11. The number of primary amides is 1. The van der Waals surface area contributed by atoms with Crippen molar-refractivity contribution >= 4 is 11.6 Å². The number of nitrogens with one attached hydrogen (secondary N) is 1. The van der Waals surface area contributed by atoms with Crippen molar-refractivity contribution in [1.29, 1.82) is 0 Å². The third kappa shape index (κ3) is 2.29. The van der Waals surface area contributed by atoms with Crippen molar-refractivity contribution in [3.63, 3.8) is 0 Å². The molecule has 0 fully saturated rings. The summed E-state index contributed by atoms with van der Waals surface area (Å²) in [4.78, 5) is 10.6. The van der Waals surface area contributed by atoms with Crippen molar-refractivity contribution in [1.82, 2.24) is 0 Å². The van der Waals surface area contributed by atoms with Crippen LogP contribution in [0.5, 0.6) is 0 Å². The monoisotopic (exact) mass is 204 g/mol. The number of nitrogens with two attached hydrogens (primary N) is 1. The number of carbonyl (C=O) groups excluding carboxylic acids is 1. The Morgan fingerprint density at radius 3 is 3.07 bits per heavy atom. The Hall–Kier alpha value is -1.51. The molecule has 1 heterocycles. The van der Waals surface area contributed by atoms with Crippen LogP contribution in [0.1, 0.15) is 30.7 Å². The molecule has 80 valence electrons. The van der Waals surface area contributed by atoms with E-state index in [4.69, 9.17) is 5.73 Å². The minimum absolute atomic E-state index is 0.200. The van der Waals surface area contributed by atoms with Gasteiger partial charge in [0.05, 0.1) is 0 Å². The molecule has 1 aromatic carbocycles. The topological polar surface area (TPSA) is 55.1 Å². The molecule has 1 aliphatic heterocycles. The summed E-state index contributed by atoms with van der Waals surface area (Å²) in [6.07, 6.45) is 2.42. The van der Waals surface area contributed by atoms with E-state index in [-0.39, 0.29) is 5.91 Å². The highest BCUT2D eigenvalue weighted by atomic mass is 16.1. The van der Waals surface area contributed by atoms with Crippen molar-refractivity contribution in [3.8, 4) is 0 Å². The van der Waals surface area contributed by atoms with Crippen LogP contribution in [-0.2, 0) is 4.79 Å². The van der Waals surface area contributed by atoms with Gasteiger partial charge in [-0.15, -0.1) is 0 Å². The quantitative estimate of drug-likeness (QED) is 0.786. The predicted molar refractivity (Wildman–Crippen MR) is 60.7 cm³/mol. The zero-order valence-corrected chi connectivity index (χ0v) is 8.70. The van der Waals surface area contributed by atoms with Crippen LogP contribution in [0.2, 0.25) is 0 Å². The Kier molecular flexibility index (Phi) is 2.90. The molecule has 0 aromatic heterocycles. The molecule has 0 bridgehead atoms. The molecule has 2 rings (SSSR count). The SMILES string of the molecule is NC(=O)CCCC1CNc2ccccc21. The van der Waals surface area contributed by atoms with Crippen molar-refractivity contribution in [2.24, 2.45) is 5.73 Å². The van der Waals surface area contributed by atoms with E-state index in [1.165, 1.54) is 11.3 Å². The van der Waals surface area contributed by atoms with E-state index in [1.54, 1.807) is 0 Å². The zero-order valence-electron chi connectivity index (χ0n) is 8.70. The molecule has 3 N–H and O–H groups in total. The molecule has 0 aliphatic carbocycles. The largest absolute Gasteiger partial charge is 0.384 e. The summed E-state index contributed by atoms with van der Waals surface area (Å²) in [5, 5.41) is 3.37. The highest BCUT2D eigenvalue weighted by molar-refractivity contribution is 5.73. The molecule has 1 unspecified atom stereocenters. The van der Waals surface area contributed by atoms with Crippen LogP contribution < -0.4 is 11.1 Å². The smallest absolute Gasteiger partial charge is 0.217 e. The highest BCUT2D eigenvalue weighted by Gasteiger charge is 2.20. The van der Waals surface area contributed by atoms with Crippen molar-refractivity contribution in [2.75, 3.05) is 11.9 Å². The average molecular weight is 204 g/mol. The summed E-state index contributed by atoms with van der Waals surface area (Å²) < 4.78 is 0. The molecule has 1 amide bonds. The van der Waals surface area contributed by atoms with Crippen LogP contribution in [-0.4, -0.2) is 12.5 Å².